The van der Waals surface area contributed by atoms with Gasteiger partial charge in [0.15, 0.2) is 12.4 Å². The SMILES string of the molecule is CC(=O)Nc1ccc(C(=O)COC(=O)c2sc3ccccc3c2C)cc1. The molecule has 5 nitrogen and oxygen atoms in total. The van der Waals surface area contributed by atoms with Crippen molar-refractivity contribution in [1.82, 2.24) is 0 Å². The molecule has 26 heavy (non-hydrogen) atoms. The number of hydrogen-bond donors (Lipinski definition) is 1. The second kappa shape index (κ2) is 7.49. The van der Waals surface area contributed by atoms with E-state index < -0.39 is 5.97 Å². The first-order chi connectivity index (χ1) is 12.5. The number of ketones is 1. The quantitative estimate of drug-likeness (QED) is 0.542. The molecule has 6 heteroatoms. The van der Waals surface area contributed by atoms with Crippen molar-refractivity contribution in [3.8, 4) is 0 Å². The third-order valence-corrected chi connectivity index (χ3v) is 5.14. The lowest BCUT2D eigenvalue weighted by Gasteiger charge is -2.05. The van der Waals surface area contributed by atoms with Gasteiger partial charge >= 0.3 is 5.97 Å². The Labute approximate surface area is 154 Å². The number of benzene rings is 2. The van der Waals surface area contributed by atoms with Crippen LogP contribution in [0.4, 0.5) is 5.69 Å². The van der Waals surface area contributed by atoms with Crippen LogP contribution in [0, 0.1) is 6.92 Å². The number of amides is 1. The molecule has 1 aromatic heterocycles. The molecule has 0 aliphatic rings. The lowest BCUT2D eigenvalue weighted by molar-refractivity contribution is -0.114. The Bertz CT molecular complexity index is 989. The van der Waals surface area contributed by atoms with E-state index in [1.165, 1.54) is 18.3 Å². The van der Waals surface area contributed by atoms with E-state index in [1.807, 2.05) is 31.2 Å². The third kappa shape index (κ3) is 3.81. The van der Waals surface area contributed by atoms with Gasteiger partial charge in [0.1, 0.15) is 4.88 Å². The monoisotopic (exact) mass is 367 g/mol. The third-order valence-electron chi connectivity index (χ3n) is 3.89. The molecule has 1 heterocycles. The number of carbonyl (C=O) groups is 3. The second-order valence-corrected chi connectivity index (χ2v) is 6.86. The highest BCUT2D eigenvalue weighted by atomic mass is 32.1. The molecule has 3 rings (SSSR count). The highest BCUT2D eigenvalue weighted by Crippen LogP contribution is 2.31. The molecule has 2 aromatic carbocycles. The summed E-state index contributed by atoms with van der Waals surface area (Å²) < 4.78 is 6.21. The molecule has 1 amide bonds. The number of esters is 1. The molecule has 132 valence electrons. The summed E-state index contributed by atoms with van der Waals surface area (Å²) in [5.74, 6) is -0.977. The zero-order valence-corrected chi connectivity index (χ0v) is 15.2. The van der Waals surface area contributed by atoms with Gasteiger partial charge in [-0.15, -0.1) is 11.3 Å². The largest absolute Gasteiger partial charge is 0.453 e. The van der Waals surface area contributed by atoms with Gasteiger partial charge in [-0.3, -0.25) is 9.59 Å². The fourth-order valence-corrected chi connectivity index (χ4v) is 3.69. The summed E-state index contributed by atoms with van der Waals surface area (Å²) in [6, 6.07) is 14.2. The average molecular weight is 367 g/mol. The van der Waals surface area contributed by atoms with Crippen molar-refractivity contribution in [2.45, 2.75) is 13.8 Å². The van der Waals surface area contributed by atoms with Gasteiger partial charge in [0, 0.05) is 22.9 Å². The minimum atomic E-state index is -0.494. The molecule has 0 aliphatic heterocycles. The van der Waals surface area contributed by atoms with Gasteiger partial charge in [-0.25, -0.2) is 4.79 Å². The zero-order valence-electron chi connectivity index (χ0n) is 14.4. The van der Waals surface area contributed by atoms with Gasteiger partial charge in [0.25, 0.3) is 0 Å². The van der Waals surface area contributed by atoms with E-state index in [4.69, 9.17) is 4.74 Å². The number of anilines is 1. The molecular weight excluding hydrogens is 350 g/mol. The van der Waals surface area contributed by atoms with E-state index in [1.54, 1.807) is 24.3 Å². The van der Waals surface area contributed by atoms with Crippen LogP contribution in [0.3, 0.4) is 0 Å². The first kappa shape index (κ1) is 17.8. The molecule has 0 unspecified atom stereocenters. The number of hydrogen-bond acceptors (Lipinski definition) is 5. The molecule has 0 saturated carbocycles. The molecule has 3 aromatic rings. The summed E-state index contributed by atoms with van der Waals surface area (Å²) in [5.41, 5.74) is 1.88. The summed E-state index contributed by atoms with van der Waals surface area (Å²) >= 11 is 1.36. The van der Waals surface area contributed by atoms with E-state index in [0.717, 1.165) is 15.6 Å². The predicted octanol–water partition coefficient (Wildman–Crippen LogP) is 4.21. The number of Topliss-reactive ketones (excluding diaryl/α,β-unsaturated/α-hetero) is 1. The molecule has 0 atom stereocenters. The van der Waals surface area contributed by atoms with Gasteiger partial charge in [0.2, 0.25) is 5.91 Å². The molecule has 0 aliphatic carbocycles. The van der Waals surface area contributed by atoms with Gasteiger partial charge in [0.05, 0.1) is 0 Å². The molecule has 0 bridgehead atoms. The summed E-state index contributed by atoms with van der Waals surface area (Å²) in [6.45, 7) is 2.96. The molecule has 0 fully saturated rings. The van der Waals surface area contributed by atoms with Crippen molar-refractivity contribution in [2.75, 3.05) is 11.9 Å². The number of nitrogens with one attached hydrogen (secondary N) is 1. The summed E-state index contributed by atoms with van der Waals surface area (Å²) in [4.78, 5) is 36.1. The topological polar surface area (TPSA) is 72.5 Å². The highest BCUT2D eigenvalue weighted by Gasteiger charge is 2.18. The maximum absolute atomic E-state index is 12.3. The minimum absolute atomic E-state index is 0.184. The zero-order chi connectivity index (χ0) is 18.7. The summed E-state index contributed by atoms with van der Waals surface area (Å²) in [6.07, 6.45) is 0. The summed E-state index contributed by atoms with van der Waals surface area (Å²) in [5, 5.41) is 3.65. The van der Waals surface area contributed by atoms with Crippen LogP contribution in [0.15, 0.2) is 48.5 Å². The Morgan fingerprint density at radius 3 is 2.38 bits per heavy atom. The Kier molecular flexibility index (Phi) is 5.14. The number of rotatable bonds is 5. The van der Waals surface area contributed by atoms with Crippen molar-refractivity contribution in [3.05, 3.63) is 64.5 Å². The molecular formula is C20H17NO4S. The minimum Gasteiger partial charge on any atom is -0.453 e. The van der Waals surface area contributed by atoms with E-state index in [9.17, 15) is 14.4 Å². The van der Waals surface area contributed by atoms with Crippen LogP contribution < -0.4 is 5.32 Å². The predicted molar refractivity (Wildman–Crippen MR) is 102 cm³/mol. The van der Waals surface area contributed by atoms with Crippen LogP contribution >= 0.6 is 11.3 Å². The Morgan fingerprint density at radius 1 is 1.04 bits per heavy atom. The van der Waals surface area contributed by atoms with Crippen LogP contribution in [0.25, 0.3) is 10.1 Å². The van der Waals surface area contributed by atoms with Crippen LogP contribution in [0.2, 0.25) is 0 Å². The van der Waals surface area contributed by atoms with Crippen molar-refractivity contribution < 1.29 is 19.1 Å². The van der Waals surface area contributed by atoms with E-state index in [-0.39, 0.29) is 18.3 Å². The van der Waals surface area contributed by atoms with Crippen LogP contribution in [-0.4, -0.2) is 24.3 Å². The number of carbonyl (C=O) groups excluding carboxylic acids is 3. The number of aryl methyl sites for hydroxylation is 1. The Hall–Kier alpha value is -2.99. The Balaban J connectivity index is 1.66. The van der Waals surface area contributed by atoms with Crippen molar-refractivity contribution in [1.29, 1.82) is 0 Å². The standard InChI is InChI=1S/C20H17NO4S/c1-12-16-5-3-4-6-18(16)26-19(12)20(24)25-11-17(23)14-7-9-15(10-8-14)21-13(2)22/h3-10H,11H2,1-2H3,(H,21,22). The van der Waals surface area contributed by atoms with Gasteiger partial charge in [-0.05, 0) is 48.2 Å². The number of fused-ring (bicyclic) bond motifs is 1. The number of thiophene rings is 1. The van der Waals surface area contributed by atoms with Crippen LogP contribution in [-0.2, 0) is 9.53 Å². The van der Waals surface area contributed by atoms with E-state index >= 15 is 0 Å². The van der Waals surface area contributed by atoms with Crippen molar-refractivity contribution >= 4 is 44.8 Å². The maximum atomic E-state index is 12.3. The second-order valence-electron chi connectivity index (χ2n) is 5.81. The molecule has 0 saturated heterocycles. The van der Waals surface area contributed by atoms with Crippen molar-refractivity contribution in [2.24, 2.45) is 0 Å². The van der Waals surface area contributed by atoms with Gasteiger partial charge in [-0.2, -0.15) is 0 Å². The van der Waals surface area contributed by atoms with Crippen molar-refractivity contribution in [3.63, 3.8) is 0 Å². The molecule has 0 radical (unpaired) electrons. The smallest absolute Gasteiger partial charge is 0.349 e. The molecule has 0 spiro atoms. The fourth-order valence-electron chi connectivity index (χ4n) is 2.59. The first-order valence-electron chi connectivity index (χ1n) is 8.02. The maximum Gasteiger partial charge on any atom is 0.349 e. The lowest BCUT2D eigenvalue weighted by Crippen LogP contribution is -2.14. The summed E-state index contributed by atoms with van der Waals surface area (Å²) in [7, 11) is 0. The number of ether oxygens (including phenoxy) is 1. The lowest BCUT2D eigenvalue weighted by atomic mass is 10.1. The Morgan fingerprint density at radius 2 is 1.73 bits per heavy atom. The van der Waals surface area contributed by atoms with E-state index in [0.29, 0.717) is 16.1 Å². The van der Waals surface area contributed by atoms with Gasteiger partial charge in [-0.1, -0.05) is 18.2 Å². The van der Waals surface area contributed by atoms with Crippen LogP contribution in [0.1, 0.15) is 32.5 Å². The highest BCUT2D eigenvalue weighted by molar-refractivity contribution is 7.21. The van der Waals surface area contributed by atoms with E-state index in [2.05, 4.69) is 5.32 Å². The van der Waals surface area contributed by atoms with Crippen LogP contribution in [0.5, 0.6) is 0 Å². The molecule has 1 N–H and O–H groups in total. The fraction of sp³-hybridized carbons (Fsp3) is 0.150. The first-order valence-corrected chi connectivity index (χ1v) is 8.83. The normalized spacial score (nSPS) is 10.5. The average Bonchev–Trinajstić information content (AvgIpc) is 2.97. The van der Waals surface area contributed by atoms with Gasteiger partial charge < -0.3 is 10.1 Å².